The molecule has 4 rings (SSSR count). The Bertz CT molecular complexity index is 1030. The smallest absolute Gasteiger partial charge is 0.187 e. The molecule has 6 nitrogen and oxygen atoms in total. The van der Waals surface area contributed by atoms with Gasteiger partial charge in [-0.05, 0) is 42.0 Å². The molecule has 0 saturated heterocycles. The van der Waals surface area contributed by atoms with Gasteiger partial charge < -0.3 is 4.74 Å². The summed E-state index contributed by atoms with van der Waals surface area (Å²) in [6, 6.07) is 13.9. The molecule has 26 heavy (non-hydrogen) atoms. The molecular formula is C18H14FN5OS. The van der Waals surface area contributed by atoms with Crippen LogP contribution in [0.3, 0.4) is 0 Å². The molecule has 0 radical (unpaired) electrons. The van der Waals surface area contributed by atoms with Crippen LogP contribution < -0.4 is 4.74 Å². The van der Waals surface area contributed by atoms with Gasteiger partial charge in [0.25, 0.3) is 0 Å². The third kappa shape index (κ3) is 3.23. The third-order valence-electron chi connectivity index (χ3n) is 3.81. The zero-order valence-electron chi connectivity index (χ0n) is 13.8. The molecule has 0 unspecified atom stereocenters. The first-order valence-electron chi connectivity index (χ1n) is 7.82. The second-order valence-electron chi connectivity index (χ2n) is 5.47. The minimum atomic E-state index is -0.245. The molecule has 2 aromatic heterocycles. The van der Waals surface area contributed by atoms with Gasteiger partial charge in [0.2, 0.25) is 0 Å². The largest absolute Gasteiger partial charge is 0.497 e. The van der Waals surface area contributed by atoms with Crippen molar-refractivity contribution in [1.82, 2.24) is 25.0 Å². The van der Waals surface area contributed by atoms with Gasteiger partial charge in [-0.25, -0.2) is 14.4 Å². The van der Waals surface area contributed by atoms with Crippen LogP contribution in [0, 0.1) is 5.82 Å². The molecule has 0 spiro atoms. The van der Waals surface area contributed by atoms with Crippen molar-refractivity contribution < 1.29 is 9.13 Å². The summed E-state index contributed by atoms with van der Waals surface area (Å²) in [5, 5.41) is 9.18. The maximum absolute atomic E-state index is 13.0. The molecule has 0 aliphatic rings. The van der Waals surface area contributed by atoms with Crippen molar-refractivity contribution in [2.45, 2.75) is 10.8 Å². The SMILES string of the molecule is COc1ccc(-n2nnc3c(SCc4ccc(F)cc4)ncnc32)cc1. The fraction of sp³-hybridized carbons (Fsp3) is 0.111. The summed E-state index contributed by atoms with van der Waals surface area (Å²) in [5.41, 5.74) is 3.11. The van der Waals surface area contributed by atoms with Gasteiger partial charge in [0, 0.05) is 5.75 Å². The van der Waals surface area contributed by atoms with E-state index in [9.17, 15) is 4.39 Å². The Hall–Kier alpha value is -3.00. The quantitative estimate of drug-likeness (QED) is 0.396. The maximum Gasteiger partial charge on any atom is 0.187 e. The normalized spacial score (nSPS) is 11.0. The van der Waals surface area contributed by atoms with Crippen molar-refractivity contribution in [2.75, 3.05) is 7.11 Å². The van der Waals surface area contributed by atoms with E-state index in [2.05, 4.69) is 20.3 Å². The number of methoxy groups -OCH3 is 1. The average Bonchev–Trinajstić information content (AvgIpc) is 3.12. The van der Waals surface area contributed by atoms with E-state index in [0.29, 0.717) is 16.9 Å². The van der Waals surface area contributed by atoms with E-state index in [1.165, 1.54) is 30.2 Å². The highest BCUT2D eigenvalue weighted by Gasteiger charge is 2.13. The van der Waals surface area contributed by atoms with Crippen LogP contribution in [0.25, 0.3) is 16.9 Å². The average molecular weight is 367 g/mol. The van der Waals surface area contributed by atoms with Crippen LogP contribution in [-0.2, 0) is 5.75 Å². The Morgan fingerprint density at radius 3 is 2.54 bits per heavy atom. The van der Waals surface area contributed by atoms with Crippen molar-refractivity contribution in [3.8, 4) is 11.4 Å². The number of halogens is 1. The minimum absolute atomic E-state index is 0.245. The molecule has 0 bridgehead atoms. The molecule has 0 saturated carbocycles. The Labute approximate surface area is 153 Å². The van der Waals surface area contributed by atoms with Crippen molar-refractivity contribution in [2.24, 2.45) is 0 Å². The van der Waals surface area contributed by atoms with Crippen molar-refractivity contribution in [3.05, 3.63) is 66.2 Å². The van der Waals surface area contributed by atoms with E-state index in [1.807, 2.05) is 24.3 Å². The van der Waals surface area contributed by atoms with Gasteiger partial charge in [0.05, 0.1) is 12.8 Å². The van der Waals surface area contributed by atoms with Crippen LogP contribution >= 0.6 is 11.8 Å². The van der Waals surface area contributed by atoms with Crippen molar-refractivity contribution in [1.29, 1.82) is 0 Å². The highest BCUT2D eigenvalue weighted by atomic mass is 32.2. The molecular weight excluding hydrogens is 353 g/mol. The van der Waals surface area contributed by atoms with E-state index >= 15 is 0 Å². The number of rotatable bonds is 5. The lowest BCUT2D eigenvalue weighted by Crippen LogP contribution is -1.98. The zero-order chi connectivity index (χ0) is 17.9. The number of ether oxygens (including phenoxy) is 1. The van der Waals surface area contributed by atoms with Crippen LogP contribution in [0.4, 0.5) is 4.39 Å². The summed E-state index contributed by atoms with van der Waals surface area (Å²) < 4.78 is 19.9. The molecule has 0 amide bonds. The molecule has 2 aromatic carbocycles. The number of benzene rings is 2. The van der Waals surface area contributed by atoms with Gasteiger partial charge in [-0.15, -0.1) is 5.10 Å². The third-order valence-corrected chi connectivity index (χ3v) is 4.86. The molecule has 0 N–H and O–H groups in total. The Morgan fingerprint density at radius 2 is 1.81 bits per heavy atom. The first kappa shape index (κ1) is 16.5. The molecule has 4 aromatic rings. The Kier molecular flexibility index (Phi) is 4.49. The molecule has 2 heterocycles. The van der Waals surface area contributed by atoms with Crippen LogP contribution in [0.1, 0.15) is 5.56 Å². The van der Waals surface area contributed by atoms with Gasteiger partial charge in [-0.2, -0.15) is 4.68 Å². The van der Waals surface area contributed by atoms with Gasteiger partial charge in [-0.3, -0.25) is 0 Å². The monoisotopic (exact) mass is 367 g/mol. The van der Waals surface area contributed by atoms with Gasteiger partial charge in [-0.1, -0.05) is 29.1 Å². The highest BCUT2D eigenvalue weighted by molar-refractivity contribution is 7.98. The molecule has 130 valence electrons. The fourth-order valence-corrected chi connectivity index (χ4v) is 3.35. The molecule has 8 heteroatoms. The van der Waals surface area contributed by atoms with Crippen molar-refractivity contribution >= 4 is 22.9 Å². The van der Waals surface area contributed by atoms with E-state index < -0.39 is 0 Å². The lowest BCUT2D eigenvalue weighted by molar-refractivity contribution is 0.414. The maximum atomic E-state index is 13.0. The predicted octanol–water partition coefficient (Wildman–Crippen LogP) is 3.65. The highest BCUT2D eigenvalue weighted by Crippen LogP contribution is 2.27. The Balaban J connectivity index is 1.62. The van der Waals surface area contributed by atoms with Crippen LogP contribution in [0.15, 0.2) is 59.9 Å². The first-order chi connectivity index (χ1) is 12.7. The number of hydrogen-bond acceptors (Lipinski definition) is 6. The van der Waals surface area contributed by atoms with Crippen LogP contribution in [0.2, 0.25) is 0 Å². The van der Waals surface area contributed by atoms with Crippen molar-refractivity contribution in [3.63, 3.8) is 0 Å². The number of hydrogen-bond donors (Lipinski definition) is 0. The van der Waals surface area contributed by atoms with E-state index in [1.54, 1.807) is 23.9 Å². The Morgan fingerprint density at radius 1 is 1.04 bits per heavy atom. The standard InChI is InChI=1S/C18H14FN5OS/c1-25-15-8-6-14(7-9-15)24-17-16(22-23-24)18(21-11-20-17)26-10-12-2-4-13(19)5-3-12/h2-9,11H,10H2,1H3. The van der Waals surface area contributed by atoms with Gasteiger partial charge in [0.1, 0.15) is 22.9 Å². The summed E-state index contributed by atoms with van der Waals surface area (Å²) in [6.45, 7) is 0. The van der Waals surface area contributed by atoms with Crippen LogP contribution in [-0.4, -0.2) is 32.1 Å². The van der Waals surface area contributed by atoms with E-state index in [4.69, 9.17) is 4.74 Å². The number of thioether (sulfide) groups is 1. The lowest BCUT2D eigenvalue weighted by atomic mass is 10.2. The van der Waals surface area contributed by atoms with Gasteiger partial charge in [0.15, 0.2) is 11.2 Å². The molecule has 0 aliphatic carbocycles. The van der Waals surface area contributed by atoms with Gasteiger partial charge >= 0.3 is 0 Å². The summed E-state index contributed by atoms with van der Waals surface area (Å²) in [5.74, 6) is 1.18. The van der Waals surface area contributed by atoms with Crippen LogP contribution in [0.5, 0.6) is 5.75 Å². The fourth-order valence-electron chi connectivity index (χ4n) is 2.46. The molecule has 0 fully saturated rings. The topological polar surface area (TPSA) is 65.7 Å². The lowest BCUT2D eigenvalue weighted by Gasteiger charge is -2.04. The second-order valence-corrected chi connectivity index (χ2v) is 6.43. The predicted molar refractivity (Wildman–Crippen MR) is 97.0 cm³/mol. The molecule has 0 aliphatic heterocycles. The number of nitrogens with zero attached hydrogens (tertiary/aromatic N) is 5. The number of fused-ring (bicyclic) bond motifs is 1. The summed E-state index contributed by atoms with van der Waals surface area (Å²) in [4.78, 5) is 8.64. The molecule has 0 atom stereocenters. The second kappa shape index (κ2) is 7.09. The number of aromatic nitrogens is 5. The minimum Gasteiger partial charge on any atom is -0.497 e. The summed E-state index contributed by atoms with van der Waals surface area (Å²) in [6.07, 6.45) is 1.50. The van der Waals surface area contributed by atoms with E-state index in [-0.39, 0.29) is 5.82 Å². The summed E-state index contributed by atoms with van der Waals surface area (Å²) >= 11 is 1.51. The van der Waals surface area contributed by atoms with E-state index in [0.717, 1.165) is 22.0 Å². The first-order valence-corrected chi connectivity index (χ1v) is 8.81. The summed E-state index contributed by atoms with van der Waals surface area (Å²) in [7, 11) is 1.62. The zero-order valence-corrected chi connectivity index (χ0v) is 14.7.